The number of halogens is 1. The van der Waals surface area contributed by atoms with E-state index in [1.807, 2.05) is 33.8 Å². The number of ether oxygens (including phenoxy) is 6. The van der Waals surface area contributed by atoms with Crippen molar-refractivity contribution < 1.29 is 47.6 Å². The number of carbonyl (C=O) groups excluding carboxylic acids is 4. The maximum absolute atomic E-state index is 13.4. The van der Waals surface area contributed by atoms with E-state index in [2.05, 4.69) is 15.9 Å². The normalized spacial score (nSPS) is 36.1. The van der Waals surface area contributed by atoms with Crippen molar-refractivity contribution >= 4 is 39.8 Å². The van der Waals surface area contributed by atoms with E-state index >= 15 is 0 Å². The zero-order valence-electron chi connectivity index (χ0n) is 24.6. The van der Waals surface area contributed by atoms with Crippen molar-refractivity contribution in [2.45, 2.75) is 90.5 Å². The molecule has 0 aromatic heterocycles. The van der Waals surface area contributed by atoms with Crippen LogP contribution in [0.5, 0.6) is 0 Å². The van der Waals surface area contributed by atoms with Crippen LogP contribution < -0.4 is 0 Å². The van der Waals surface area contributed by atoms with E-state index in [9.17, 15) is 19.2 Å². The second kappa shape index (κ2) is 11.1. The van der Waals surface area contributed by atoms with E-state index in [1.54, 1.807) is 24.3 Å². The Morgan fingerprint density at radius 2 is 1.71 bits per heavy atom. The predicted octanol–water partition coefficient (Wildman–Crippen LogP) is 4.32. The Kier molecular flexibility index (Phi) is 8.08. The molecule has 42 heavy (non-hydrogen) atoms. The number of hydrogen-bond acceptors (Lipinski definition) is 10. The van der Waals surface area contributed by atoms with Gasteiger partial charge >= 0.3 is 23.9 Å². The second-order valence-electron chi connectivity index (χ2n) is 12.4. The summed E-state index contributed by atoms with van der Waals surface area (Å²) in [7, 11) is 0. The highest BCUT2D eigenvalue weighted by molar-refractivity contribution is 9.10. The molecule has 1 saturated carbocycles. The zero-order valence-corrected chi connectivity index (χ0v) is 26.2. The first-order chi connectivity index (χ1) is 19.7. The third-order valence-electron chi connectivity index (χ3n) is 9.30. The highest BCUT2D eigenvalue weighted by Crippen LogP contribution is 2.72. The first kappa shape index (κ1) is 30.7. The molecule has 2 aliphatic heterocycles. The molecule has 2 heterocycles. The van der Waals surface area contributed by atoms with Gasteiger partial charge in [-0.3, -0.25) is 14.4 Å². The molecule has 0 amide bonds. The van der Waals surface area contributed by atoms with Gasteiger partial charge in [0.25, 0.3) is 0 Å². The molecule has 8 atom stereocenters. The van der Waals surface area contributed by atoms with E-state index in [0.29, 0.717) is 5.56 Å². The van der Waals surface area contributed by atoms with Crippen LogP contribution in [-0.2, 0) is 42.8 Å². The van der Waals surface area contributed by atoms with E-state index < -0.39 is 64.9 Å². The molecule has 0 N–H and O–H groups in total. The van der Waals surface area contributed by atoms with Crippen molar-refractivity contribution in [2.75, 3.05) is 13.2 Å². The molecule has 11 heteroatoms. The highest BCUT2D eigenvalue weighted by atomic mass is 79.9. The molecule has 2 bridgehead atoms. The molecule has 1 spiro atoms. The van der Waals surface area contributed by atoms with Gasteiger partial charge < -0.3 is 28.4 Å². The van der Waals surface area contributed by atoms with E-state index in [4.69, 9.17) is 28.4 Å². The third kappa shape index (κ3) is 4.97. The van der Waals surface area contributed by atoms with Crippen LogP contribution >= 0.6 is 15.9 Å². The quantitative estimate of drug-likeness (QED) is 0.174. The zero-order chi connectivity index (χ0) is 30.6. The number of hydrogen-bond donors (Lipinski definition) is 0. The van der Waals surface area contributed by atoms with Crippen molar-refractivity contribution in [3.05, 3.63) is 46.0 Å². The Balaban J connectivity index is 1.59. The number of carbonyl (C=O) groups is 4. The van der Waals surface area contributed by atoms with Gasteiger partial charge in [-0.1, -0.05) is 42.8 Å². The van der Waals surface area contributed by atoms with Gasteiger partial charge in [-0.05, 0) is 42.7 Å². The molecular formula is C31H37BrO10. The standard InChI is InChI=1S/C31H37BrO10/c1-16(2)11-24(35)40-22-13-30(14-37-18(4)33)23(12-17(22)3)41-27-25(42-28(36)20-7-9-21(32)10-8-20)26(39-19(5)34)29(30,6)31(27)15-38-31/h7-10,12,16,22-23,25-27H,11,13-15H2,1-6H3/t22-,23+,25+,26+,27+,29+,30+,31-/m0/s1. The lowest BCUT2D eigenvalue weighted by Crippen LogP contribution is -2.68. The first-order valence-electron chi connectivity index (χ1n) is 14.2. The van der Waals surface area contributed by atoms with Crippen LogP contribution in [0.15, 0.2) is 40.4 Å². The van der Waals surface area contributed by atoms with Gasteiger partial charge in [0, 0.05) is 31.2 Å². The Labute approximate surface area is 253 Å². The molecule has 0 radical (unpaired) electrons. The summed E-state index contributed by atoms with van der Waals surface area (Å²) in [4.78, 5) is 50.9. The van der Waals surface area contributed by atoms with Gasteiger partial charge in [0.05, 0.1) is 29.1 Å². The van der Waals surface area contributed by atoms with E-state index in [0.717, 1.165) is 10.0 Å². The van der Waals surface area contributed by atoms with Crippen LogP contribution in [0.4, 0.5) is 0 Å². The van der Waals surface area contributed by atoms with Crippen LogP contribution in [0, 0.1) is 16.7 Å². The number of benzene rings is 1. The van der Waals surface area contributed by atoms with Gasteiger partial charge in [0.1, 0.15) is 24.4 Å². The fourth-order valence-electron chi connectivity index (χ4n) is 7.13. The monoisotopic (exact) mass is 648 g/mol. The van der Waals surface area contributed by atoms with E-state index in [-0.39, 0.29) is 37.9 Å². The number of esters is 4. The summed E-state index contributed by atoms with van der Waals surface area (Å²) < 4.78 is 37.4. The molecule has 4 aliphatic rings. The van der Waals surface area contributed by atoms with Crippen molar-refractivity contribution in [3.8, 4) is 0 Å². The first-order valence-corrected chi connectivity index (χ1v) is 15.0. The largest absolute Gasteiger partial charge is 0.465 e. The molecule has 5 rings (SSSR count). The van der Waals surface area contributed by atoms with Crippen LogP contribution in [0.1, 0.15) is 64.7 Å². The van der Waals surface area contributed by atoms with Gasteiger partial charge in [0.2, 0.25) is 0 Å². The minimum absolute atomic E-state index is 0.108. The molecular weight excluding hydrogens is 612 g/mol. The lowest BCUT2D eigenvalue weighted by Gasteiger charge is -2.58. The van der Waals surface area contributed by atoms with Crippen molar-refractivity contribution in [1.82, 2.24) is 0 Å². The maximum atomic E-state index is 13.4. The molecule has 228 valence electrons. The van der Waals surface area contributed by atoms with Gasteiger partial charge in [-0.15, -0.1) is 0 Å². The van der Waals surface area contributed by atoms with Crippen molar-refractivity contribution in [3.63, 3.8) is 0 Å². The lowest BCUT2D eigenvalue weighted by atomic mass is 9.51. The predicted molar refractivity (Wildman–Crippen MR) is 151 cm³/mol. The Morgan fingerprint density at radius 1 is 1.05 bits per heavy atom. The average Bonchev–Trinajstić information content (AvgIpc) is 3.68. The smallest absolute Gasteiger partial charge is 0.338 e. The SMILES string of the molecule is CC(=O)OC[C@]12C[C@H](OC(=O)CC(C)C)C(C)=C[C@H]1O[C@@H]1[C@H](OC(=O)c3ccc(Br)cc3)[C@@H](OC(C)=O)[C@@]2(C)[C@]12CO2. The van der Waals surface area contributed by atoms with Crippen LogP contribution in [0.25, 0.3) is 0 Å². The van der Waals surface area contributed by atoms with E-state index in [1.165, 1.54) is 13.8 Å². The summed E-state index contributed by atoms with van der Waals surface area (Å²) in [6, 6.07) is 6.72. The van der Waals surface area contributed by atoms with Crippen molar-refractivity contribution in [2.24, 2.45) is 16.7 Å². The topological polar surface area (TPSA) is 127 Å². The average molecular weight is 650 g/mol. The highest BCUT2D eigenvalue weighted by Gasteiger charge is 2.87. The summed E-state index contributed by atoms with van der Waals surface area (Å²) in [6.45, 7) is 10.4. The Bertz CT molecular complexity index is 1300. The molecule has 10 nitrogen and oxygen atoms in total. The fourth-order valence-corrected chi connectivity index (χ4v) is 7.40. The van der Waals surface area contributed by atoms with Crippen LogP contribution in [0.3, 0.4) is 0 Å². The van der Waals surface area contributed by atoms with Gasteiger partial charge in [-0.2, -0.15) is 0 Å². The molecule has 0 unspecified atom stereocenters. The maximum Gasteiger partial charge on any atom is 0.338 e. The Morgan fingerprint density at radius 3 is 2.29 bits per heavy atom. The second-order valence-corrected chi connectivity index (χ2v) is 13.3. The molecule has 2 aliphatic carbocycles. The van der Waals surface area contributed by atoms with Crippen molar-refractivity contribution in [1.29, 1.82) is 0 Å². The summed E-state index contributed by atoms with van der Waals surface area (Å²) >= 11 is 3.37. The minimum atomic E-state index is -1.07. The minimum Gasteiger partial charge on any atom is -0.465 e. The summed E-state index contributed by atoms with van der Waals surface area (Å²) in [5.74, 6) is -1.91. The Hall–Kier alpha value is -2.76. The fraction of sp³-hybridized carbons (Fsp3) is 0.613. The third-order valence-corrected chi connectivity index (χ3v) is 9.83. The van der Waals surface area contributed by atoms with Gasteiger partial charge in [0.15, 0.2) is 12.2 Å². The lowest BCUT2D eigenvalue weighted by molar-refractivity contribution is -0.241. The summed E-state index contributed by atoms with van der Waals surface area (Å²) in [5.41, 5.74) is -2.03. The van der Waals surface area contributed by atoms with Crippen LogP contribution in [0.2, 0.25) is 0 Å². The molecule has 1 aromatic rings. The molecule has 2 saturated heterocycles. The number of rotatable bonds is 8. The number of epoxide rings is 1. The molecule has 1 aromatic carbocycles. The van der Waals surface area contributed by atoms with Crippen LogP contribution in [-0.4, -0.2) is 73.2 Å². The molecule has 3 fully saturated rings. The summed E-state index contributed by atoms with van der Waals surface area (Å²) in [5, 5.41) is 0. The summed E-state index contributed by atoms with van der Waals surface area (Å²) in [6.07, 6.45) is -1.74. The number of fused-ring (bicyclic) bond motifs is 2. The van der Waals surface area contributed by atoms with Gasteiger partial charge in [-0.25, -0.2) is 4.79 Å².